The number of hydrogen-bond acceptors (Lipinski definition) is 6. The van der Waals surface area contributed by atoms with Crippen LogP contribution in [0.25, 0.3) is 0 Å². The van der Waals surface area contributed by atoms with E-state index in [9.17, 15) is 14.4 Å². The second-order valence-electron chi connectivity index (χ2n) is 8.93. The quantitative estimate of drug-likeness (QED) is 0.559. The summed E-state index contributed by atoms with van der Waals surface area (Å²) in [6, 6.07) is 6.88. The van der Waals surface area contributed by atoms with Crippen molar-refractivity contribution in [1.29, 1.82) is 0 Å². The molecule has 1 saturated carbocycles. The van der Waals surface area contributed by atoms with E-state index in [-0.39, 0.29) is 18.2 Å². The molecule has 35 heavy (non-hydrogen) atoms. The van der Waals surface area contributed by atoms with E-state index in [1.54, 1.807) is 11.0 Å². The summed E-state index contributed by atoms with van der Waals surface area (Å²) >= 11 is 5.90. The first kappa shape index (κ1) is 24.8. The maximum atomic E-state index is 12.7. The van der Waals surface area contributed by atoms with Crippen LogP contribution in [0.4, 0.5) is 21.0 Å². The molecule has 0 radical (unpaired) electrons. The van der Waals surface area contributed by atoms with Gasteiger partial charge in [-0.15, -0.1) is 0 Å². The molecule has 1 aliphatic carbocycles. The van der Waals surface area contributed by atoms with Crippen LogP contribution in [-0.2, 0) is 27.2 Å². The zero-order chi connectivity index (χ0) is 24.8. The molecule has 0 unspecified atom stereocenters. The molecule has 2 aromatic rings. The number of carbonyl (C=O) groups is 3. The van der Waals surface area contributed by atoms with Gasteiger partial charge in [-0.3, -0.25) is 9.78 Å². The predicted molar refractivity (Wildman–Crippen MR) is 131 cm³/mol. The Morgan fingerprint density at radius 1 is 1.06 bits per heavy atom. The molecule has 10 heteroatoms. The van der Waals surface area contributed by atoms with E-state index < -0.39 is 6.03 Å². The molecule has 2 heterocycles. The summed E-state index contributed by atoms with van der Waals surface area (Å²) in [5, 5.41) is 5.95. The summed E-state index contributed by atoms with van der Waals surface area (Å²) < 4.78 is 10.5. The average Bonchev–Trinajstić information content (AvgIpc) is 2.84. The fourth-order valence-corrected chi connectivity index (χ4v) is 4.72. The van der Waals surface area contributed by atoms with Crippen molar-refractivity contribution in [2.45, 2.75) is 51.2 Å². The van der Waals surface area contributed by atoms with Gasteiger partial charge in [0.1, 0.15) is 6.10 Å². The normalized spacial score (nSPS) is 19.3. The van der Waals surface area contributed by atoms with E-state index in [0.29, 0.717) is 48.2 Å². The first-order valence-electron chi connectivity index (χ1n) is 11.7. The monoisotopic (exact) mass is 500 g/mol. The first-order valence-corrected chi connectivity index (χ1v) is 12.1. The summed E-state index contributed by atoms with van der Waals surface area (Å²) in [7, 11) is 1.40. The van der Waals surface area contributed by atoms with Crippen molar-refractivity contribution in [3.63, 3.8) is 0 Å². The Morgan fingerprint density at radius 3 is 2.57 bits per heavy atom. The number of aromatic nitrogens is 1. The number of anilines is 2. The minimum Gasteiger partial charge on any atom is -0.469 e. The number of rotatable bonds is 5. The molecule has 1 aromatic carbocycles. The lowest BCUT2D eigenvalue weighted by atomic mass is 9.85. The molecule has 2 aliphatic rings. The van der Waals surface area contributed by atoms with Gasteiger partial charge in [-0.25, -0.2) is 9.59 Å². The van der Waals surface area contributed by atoms with Crippen molar-refractivity contribution in [3.05, 3.63) is 52.8 Å². The lowest BCUT2D eigenvalue weighted by Crippen LogP contribution is -2.39. The Morgan fingerprint density at radius 2 is 1.83 bits per heavy atom. The van der Waals surface area contributed by atoms with Crippen molar-refractivity contribution in [1.82, 2.24) is 9.88 Å². The summed E-state index contributed by atoms with van der Waals surface area (Å²) in [5.74, 6) is 0.112. The SMILES string of the molecule is COC(=O)CC1CCC(OC(=O)N2CCc3cc(NC(=O)Nc4cncc(Cl)c4)ccc3C2)CC1. The van der Waals surface area contributed by atoms with E-state index in [1.165, 1.54) is 19.5 Å². The molecule has 0 saturated heterocycles. The molecule has 3 amide bonds. The van der Waals surface area contributed by atoms with Crippen LogP contribution in [0.15, 0.2) is 36.7 Å². The maximum absolute atomic E-state index is 12.7. The van der Waals surface area contributed by atoms with Crippen LogP contribution in [0.5, 0.6) is 0 Å². The minimum atomic E-state index is -0.392. The number of carbonyl (C=O) groups excluding carboxylic acids is 3. The topological polar surface area (TPSA) is 110 Å². The van der Waals surface area contributed by atoms with E-state index in [2.05, 4.69) is 15.6 Å². The predicted octanol–water partition coefficient (Wildman–Crippen LogP) is 5.00. The third-order valence-corrected chi connectivity index (χ3v) is 6.65. The Kier molecular flexibility index (Phi) is 8.07. The summed E-state index contributed by atoms with van der Waals surface area (Å²) in [6.45, 7) is 1.01. The number of nitrogens with zero attached hydrogens (tertiary/aromatic N) is 2. The summed E-state index contributed by atoms with van der Waals surface area (Å²) in [5.41, 5.74) is 3.27. The number of urea groups is 1. The van der Waals surface area contributed by atoms with Gasteiger partial charge in [0.2, 0.25) is 0 Å². The number of halogens is 1. The maximum Gasteiger partial charge on any atom is 0.410 e. The highest BCUT2D eigenvalue weighted by Gasteiger charge is 2.29. The third kappa shape index (κ3) is 6.85. The molecule has 2 N–H and O–H groups in total. The van der Waals surface area contributed by atoms with Gasteiger partial charge in [0.05, 0.1) is 24.0 Å². The largest absolute Gasteiger partial charge is 0.469 e. The van der Waals surface area contributed by atoms with Crippen molar-refractivity contribution < 1.29 is 23.9 Å². The fraction of sp³-hybridized carbons (Fsp3) is 0.440. The smallest absolute Gasteiger partial charge is 0.410 e. The molecule has 4 rings (SSSR count). The van der Waals surface area contributed by atoms with Gasteiger partial charge in [-0.2, -0.15) is 0 Å². The zero-order valence-electron chi connectivity index (χ0n) is 19.6. The third-order valence-electron chi connectivity index (χ3n) is 6.44. The lowest BCUT2D eigenvalue weighted by molar-refractivity contribution is -0.142. The van der Waals surface area contributed by atoms with Crippen LogP contribution >= 0.6 is 11.6 Å². The van der Waals surface area contributed by atoms with Crippen LogP contribution < -0.4 is 10.6 Å². The van der Waals surface area contributed by atoms with Crippen LogP contribution in [0, 0.1) is 5.92 Å². The van der Waals surface area contributed by atoms with Gasteiger partial charge < -0.3 is 25.0 Å². The fourth-order valence-electron chi connectivity index (χ4n) is 4.55. The van der Waals surface area contributed by atoms with E-state index in [1.807, 2.05) is 18.2 Å². The molecule has 0 bridgehead atoms. The van der Waals surface area contributed by atoms with E-state index in [4.69, 9.17) is 21.1 Å². The second-order valence-corrected chi connectivity index (χ2v) is 9.37. The van der Waals surface area contributed by atoms with Crippen LogP contribution in [0.1, 0.15) is 43.2 Å². The Hall–Kier alpha value is -3.33. The summed E-state index contributed by atoms with van der Waals surface area (Å²) in [4.78, 5) is 42.2. The number of fused-ring (bicyclic) bond motifs is 1. The molecule has 1 fully saturated rings. The summed E-state index contributed by atoms with van der Waals surface area (Å²) in [6.07, 6.45) is 6.93. The highest BCUT2D eigenvalue weighted by Crippen LogP contribution is 2.30. The minimum absolute atomic E-state index is 0.113. The molecule has 0 atom stereocenters. The number of amides is 3. The Bertz CT molecular complexity index is 1090. The van der Waals surface area contributed by atoms with Crippen LogP contribution in [0.2, 0.25) is 5.02 Å². The van der Waals surface area contributed by atoms with Crippen molar-refractivity contribution in [2.75, 3.05) is 24.3 Å². The van der Waals surface area contributed by atoms with Gasteiger partial charge >= 0.3 is 18.1 Å². The number of hydrogen-bond donors (Lipinski definition) is 2. The van der Waals surface area contributed by atoms with Crippen LogP contribution in [-0.4, -0.2) is 47.7 Å². The average molecular weight is 501 g/mol. The number of methoxy groups -OCH3 is 1. The van der Waals surface area contributed by atoms with Gasteiger partial charge in [0, 0.05) is 31.4 Å². The molecule has 0 spiro atoms. The number of pyridine rings is 1. The molecule has 1 aliphatic heterocycles. The molecular formula is C25H29ClN4O5. The number of ether oxygens (including phenoxy) is 2. The van der Waals surface area contributed by atoms with Crippen molar-refractivity contribution in [2.24, 2.45) is 5.92 Å². The molecule has 1 aromatic heterocycles. The van der Waals surface area contributed by atoms with Gasteiger partial charge in [-0.1, -0.05) is 17.7 Å². The Balaban J connectivity index is 1.26. The zero-order valence-corrected chi connectivity index (χ0v) is 20.3. The molecule has 186 valence electrons. The number of benzene rings is 1. The van der Waals surface area contributed by atoms with Gasteiger partial charge in [0.25, 0.3) is 0 Å². The second kappa shape index (κ2) is 11.4. The number of esters is 1. The molecule has 9 nitrogen and oxygen atoms in total. The van der Waals surface area contributed by atoms with E-state index in [0.717, 1.165) is 36.8 Å². The van der Waals surface area contributed by atoms with Crippen LogP contribution in [0.3, 0.4) is 0 Å². The highest BCUT2D eigenvalue weighted by atomic mass is 35.5. The van der Waals surface area contributed by atoms with Crippen molar-refractivity contribution in [3.8, 4) is 0 Å². The highest BCUT2D eigenvalue weighted by molar-refractivity contribution is 6.30. The lowest BCUT2D eigenvalue weighted by Gasteiger charge is -2.32. The van der Waals surface area contributed by atoms with Gasteiger partial charge in [0.15, 0.2) is 0 Å². The van der Waals surface area contributed by atoms with E-state index >= 15 is 0 Å². The first-order chi connectivity index (χ1) is 16.9. The number of nitrogens with one attached hydrogen (secondary N) is 2. The molecular weight excluding hydrogens is 472 g/mol. The van der Waals surface area contributed by atoms with Crippen molar-refractivity contribution >= 4 is 41.1 Å². The van der Waals surface area contributed by atoms with Gasteiger partial charge in [-0.05, 0) is 67.3 Å². The Labute approximate surface area is 209 Å². The standard InChI is InChI=1S/C25H29ClN4O5/c1-34-23(31)10-16-2-6-22(7-3-16)35-25(33)30-9-8-17-11-20(5-4-18(17)15-30)28-24(32)29-21-12-19(26)13-27-14-21/h4-5,11-14,16,22H,2-3,6-10,15H2,1H3,(H2,28,29,32).